The van der Waals surface area contributed by atoms with E-state index in [0.29, 0.717) is 17.5 Å². The first kappa shape index (κ1) is 74.4. The largest absolute Gasteiger partial charge is 0.378 e. The van der Waals surface area contributed by atoms with E-state index < -0.39 is 0 Å². The van der Waals surface area contributed by atoms with Crippen LogP contribution >= 0.6 is 0 Å². The van der Waals surface area contributed by atoms with Gasteiger partial charge in [-0.05, 0) is 94.6 Å². The first-order chi connectivity index (χ1) is 41.5. The molecule has 3 saturated heterocycles. The van der Waals surface area contributed by atoms with Crippen molar-refractivity contribution in [1.82, 2.24) is 79.0 Å². The lowest BCUT2D eigenvalue weighted by Gasteiger charge is -2.28. The van der Waals surface area contributed by atoms with Gasteiger partial charge in [0.15, 0.2) is 34.4 Å². The number of rotatable bonds is 6. The summed E-state index contributed by atoms with van der Waals surface area (Å²) >= 11 is 0. The number of piperidine rings is 1. The Balaban J connectivity index is 0.000000554. The number of fused-ring (bicyclic) bond motifs is 3. The number of anilines is 3. The van der Waals surface area contributed by atoms with E-state index >= 15 is 0 Å². The molecule has 0 aromatic carbocycles. The zero-order valence-corrected chi connectivity index (χ0v) is 55.3. The maximum Gasteiger partial charge on any atom is 0.182 e. The molecule has 0 spiro atoms. The van der Waals surface area contributed by atoms with E-state index in [1.54, 1.807) is 33.8 Å². The van der Waals surface area contributed by atoms with Crippen LogP contribution in [-0.2, 0) is 4.74 Å². The Morgan fingerprint density at radius 3 is 0.964 bits per heavy atom. The van der Waals surface area contributed by atoms with E-state index in [-0.39, 0.29) is 0 Å². The van der Waals surface area contributed by atoms with E-state index in [0.717, 1.165) is 134 Å². The third-order valence-corrected chi connectivity index (χ3v) is 11.7. The zero-order valence-electron chi connectivity index (χ0n) is 55.3. The lowest BCUT2D eigenvalue weighted by molar-refractivity contribution is 0.122. The van der Waals surface area contributed by atoms with Gasteiger partial charge in [-0.2, -0.15) is 15.3 Å². The van der Waals surface area contributed by atoms with Gasteiger partial charge < -0.3 is 24.8 Å². The Hall–Kier alpha value is -7.58. The van der Waals surface area contributed by atoms with Gasteiger partial charge in [0.05, 0.1) is 30.3 Å². The molecular weight excluding hydrogens is 1050 g/mol. The van der Waals surface area contributed by atoms with Crippen LogP contribution in [0.25, 0.3) is 51.5 Å². The van der Waals surface area contributed by atoms with Crippen LogP contribution < -0.4 is 20.0 Å². The number of morpholine rings is 1. The summed E-state index contributed by atoms with van der Waals surface area (Å²) in [5.41, 5.74) is 7.65. The molecule has 0 unspecified atom stereocenters. The number of hydrogen-bond acceptors (Lipinski definition) is 17. The Bertz CT molecular complexity index is 2750. The number of imidazole rings is 3. The van der Waals surface area contributed by atoms with Gasteiger partial charge in [0.25, 0.3) is 0 Å². The molecule has 0 aliphatic carbocycles. The molecule has 0 atom stereocenters. The molecule has 462 valence electrons. The Morgan fingerprint density at radius 1 is 0.345 bits per heavy atom. The lowest BCUT2D eigenvalue weighted by Crippen LogP contribution is -2.43. The maximum absolute atomic E-state index is 5.39. The topological polar surface area (TPSA) is 199 Å². The molecule has 0 amide bonds. The number of aryl methyl sites for hydroxylation is 3. The van der Waals surface area contributed by atoms with Crippen molar-refractivity contribution < 1.29 is 4.74 Å². The molecule has 12 rings (SSSR count). The average Bonchev–Trinajstić information content (AvgIpc) is 4.29. The molecule has 0 bridgehead atoms. The van der Waals surface area contributed by atoms with E-state index in [1.165, 1.54) is 19.3 Å². The summed E-state index contributed by atoms with van der Waals surface area (Å²) in [6.45, 7) is 51.1. The maximum atomic E-state index is 5.39. The van der Waals surface area contributed by atoms with Gasteiger partial charge in [-0.15, -0.1) is 0 Å². The third-order valence-electron chi connectivity index (χ3n) is 11.7. The first-order valence-electron chi connectivity index (χ1n) is 31.4. The minimum absolute atomic E-state index is 0.646. The van der Waals surface area contributed by atoms with E-state index in [1.807, 2.05) is 217 Å². The zero-order chi connectivity index (χ0) is 62.8. The minimum Gasteiger partial charge on any atom is -0.378 e. The highest BCUT2D eigenvalue weighted by molar-refractivity contribution is 5.64. The molecule has 3 fully saturated rings. The van der Waals surface area contributed by atoms with E-state index in [2.05, 4.69) is 65.2 Å². The number of ether oxygens (including phenoxy) is 1. The van der Waals surface area contributed by atoms with Crippen molar-refractivity contribution in [3.63, 3.8) is 0 Å². The summed E-state index contributed by atoms with van der Waals surface area (Å²) in [5, 5.41) is 16.5. The quantitative estimate of drug-likeness (QED) is 0.165. The van der Waals surface area contributed by atoms with Crippen LogP contribution in [-0.4, -0.2) is 139 Å². The van der Waals surface area contributed by atoms with Crippen molar-refractivity contribution in [2.45, 2.75) is 165 Å². The minimum atomic E-state index is 0.646. The Morgan fingerprint density at radius 2 is 0.643 bits per heavy atom. The Kier molecular flexibility index (Phi) is 39.0. The predicted molar refractivity (Wildman–Crippen MR) is 353 cm³/mol. The Labute approximate surface area is 504 Å². The highest BCUT2D eigenvalue weighted by Crippen LogP contribution is 2.26. The monoisotopic (exact) mass is 1160 g/mol. The second-order valence-electron chi connectivity index (χ2n) is 16.1. The summed E-state index contributed by atoms with van der Waals surface area (Å²) in [7, 11) is 0. The highest BCUT2D eigenvalue weighted by atomic mass is 16.5. The summed E-state index contributed by atoms with van der Waals surface area (Å²) in [5.74, 6) is 4.87. The number of hydrogen-bond donors (Lipinski definition) is 1. The fourth-order valence-corrected chi connectivity index (χ4v) is 8.49. The van der Waals surface area contributed by atoms with E-state index in [9.17, 15) is 0 Å². The number of piperazine rings is 1. The van der Waals surface area contributed by atoms with Crippen molar-refractivity contribution in [2.24, 2.45) is 0 Å². The molecule has 3 aliphatic rings. The second-order valence-corrected chi connectivity index (χ2v) is 16.1. The van der Waals surface area contributed by atoms with Crippen LogP contribution in [0.1, 0.15) is 161 Å². The molecule has 0 saturated carbocycles. The third kappa shape index (κ3) is 20.6. The van der Waals surface area contributed by atoms with Gasteiger partial charge >= 0.3 is 0 Å². The molecular formula is C64H105N19O. The smallest absolute Gasteiger partial charge is 0.182 e. The summed E-state index contributed by atoms with van der Waals surface area (Å²) < 4.78 is 10.8. The molecule has 0 radical (unpaired) electrons. The second kappa shape index (κ2) is 44.0. The van der Waals surface area contributed by atoms with Crippen LogP contribution in [0.2, 0.25) is 0 Å². The average molecular weight is 1160 g/mol. The summed E-state index contributed by atoms with van der Waals surface area (Å²) in [6.07, 6.45) is 14.4. The standard InChI is InChI=1S/C16H18N6.C15H17N7.C15H16N6O.9C2H6/c1-12-15(22-14(19-12)6-5-8-18-22)16-17-9-7-13(20-16)21-10-3-2-4-11-21;1-11-14(22-13(19-11)3-2-5-18-22)15-17-6-4-12(20-15)21-9-7-16-8-10-21;1-11-14(21-13(18-11)3-2-5-17-21)15-16-6-4-12(19-15)20-7-9-22-10-8-20;9*1-2/h5-9H,2-4,10-11H2,1H3;2-6,16H,7-10H2,1H3;2-6H,7-10H2,1H3;9*1-2H3. The summed E-state index contributed by atoms with van der Waals surface area (Å²) in [6, 6.07) is 17.3. The van der Waals surface area contributed by atoms with Crippen molar-refractivity contribution in [2.75, 3.05) is 80.3 Å². The summed E-state index contributed by atoms with van der Waals surface area (Å²) in [4.78, 5) is 47.9. The normalized spacial score (nSPS) is 12.8. The van der Waals surface area contributed by atoms with Gasteiger partial charge in [-0.1, -0.05) is 125 Å². The first-order valence-corrected chi connectivity index (χ1v) is 31.4. The number of nitrogens with zero attached hydrogens (tertiary/aromatic N) is 18. The van der Waals surface area contributed by atoms with Crippen LogP contribution in [0.4, 0.5) is 17.5 Å². The molecule has 20 heteroatoms. The van der Waals surface area contributed by atoms with Crippen molar-refractivity contribution in [3.05, 3.63) is 109 Å². The van der Waals surface area contributed by atoms with Crippen LogP contribution in [0.3, 0.4) is 0 Å². The van der Waals surface area contributed by atoms with Crippen molar-refractivity contribution in [1.29, 1.82) is 0 Å². The molecule has 20 nitrogen and oxygen atoms in total. The van der Waals surface area contributed by atoms with Gasteiger partial charge in [0.1, 0.15) is 34.5 Å². The molecule has 9 aromatic heterocycles. The molecule has 9 aromatic rings. The van der Waals surface area contributed by atoms with Gasteiger partial charge in [-0.3, -0.25) is 0 Å². The fraction of sp³-hybridized carbons (Fsp3) is 0.531. The van der Waals surface area contributed by atoms with Crippen LogP contribution in [0.5, 0.6) is 0 Å². The van der Waals surface area contributed by atoms with Gasteiger partial charge in [0.2, 0.25) is 0 Å². The van der Waals surface area contributed by atoms with Crippen molar-refractivity contribution >= 4 is 34.4 Å². The molecule has 12 heterocycles. The van der Waals surface area contributed by atoms with Crippen molar-refractivity contribution in [3.8, 4) is 34.6 Å². The molecule has 84 heavy (non-hydrogen) atoms. The van der Waals surface area contributed by atoms with Crippen LogP contribution in [0.15, 0.2) is 91.8 Å². The molecule has 3 aliphatic heterocycles. The van der Waals surface area contributed by atoms with E-state index in [4.69, 9.17) is 19.7 Å². The van der Waals surface area contributed by atoms with Gasteiger partial charge in [0, 0.05) is 89.5 Å². The van der Waals surface area contributed by atoms with Crippen LogP contribution in [0, 0.1) is 20.8 Å². The number of nitrogens with one attached hydrogen (secondary N) is 1. The fourth-order valence-electron chi connectivity index (χ4n) is 8.49. The number of aromatic nitrogens is 15. The molecule has 1 N–H and O–H groups in total. The van der Waals surface area contributed by atoms with Gasteiger partial charge in [-0.25, -0.2) is 58.4 Å². The SMILES string of the molecule is CC.CC.CC.CC.CC.CC.CC.CC.CC.Cc1nc2cccnn2c1-c1nccc(N2CCCCC2)n1.Cc1nc2cccnn2c1-c1nccc(N2CCNCC2)n1.Cc1nc2cccnn2c1-c1nccc(N2CCOCC2)n1. The highest BCUT2D eigenvalue weighted by Gasteiger charge is 2.21. The lowest BCUT2D eigenvalue weighted by atomic mass is 10.1. The predicted octanol–water partition coefficient (Wildman–Crippen LogP) is 14.0.